The van der Waals surface area contributed by atoms with Crippen molar-refractivity contribution < 1.29 is 9.90 Å². The van der Waals surface area contributed by atoms with E-state index in [0.717, 1.165) is 22.2 Å². The smallest absolute Gasteiger partial charge is 0.195 e. The highest BCUT2D eigenvalue weighted by atomic mass is 16.3. The predicted octanol–water partition coefficient (Wildman–Crippen LogP) is 3.33. The number of anilines is 1. The first-order valence-corrected chi connectivity index (χ1v) is 7.19. The fraction of sp³-hybridized carbons (Fsp3) is 0.167. The second-order valence-corrected chi connectivity index (χ2v) is 6.36. The maximum atomic E-state index is 12.9. The number of nitrogens with two attached hydrogens (primary N) is 1. The number of carbonyl (C=O) groups excluding carboxylic acids is 1. The van der Waals surface area contributed by atoms with Crippen molar-refractivity contribution in [1.82, 2.24) is 4.98 Å². The number of fused-ring (bicyclic) bond motifs is 4. The van der Waals surface area contributed by atoms with Gasteiger partial charge in [0.25, 0.3) is 0 Å². The monoisotopic (exact) mass is 292 g/mol. The molecule has 2 aromatic carbocycles. The Balaban J connectivity index is 2.12. The molecule has 0 fully saturated rings. The Morgan fingerprint density at radius 2 is 1.91 bits per heavy atom. The zero-order chi connectivity index (χ0) is 15.6. The van der Waals surface area contributed by atoms with E-state index in [0.29, 0.717) is 16.8 Å². The molecule has 3 aromatic rings. The Morgan fingerprint density at radius 1 is 1.14 bits per heavy atom. The lowest BCUT2D eigenvalue weighted by Gasteiger charge is -2.32. The predicted molar refractivity (Wildman–Crippen MR) is 86.4 cm³/mol. The number of phenolic OH excluding ortho intramolecular Hbond substituents is 1. The highest BCUT2D eigenvalue weighted by Gasteiger charge is 2.39. The number of carbonyl (C=O) groups is 1. The van der Waals surface area contributed by atoms with E-state index in [4.69, 9.17) is 5.73 Å². The molecule has 4 rings (SSSR count). The van der Waals surface area contributed by atoms with Gasteiger partial charge in [-0.3, -0.25) is 4.79 Å². The van der Waals surface area contributed by atoms with Gasteiger partial charge >= 0.3 is 0 Å². The summed E-state index contributed by atoms with van der Waals surface area (Å²) in [7, 11) is 0. The highest BCUT2D eigenvalue weighted by molar-refractivity contribution is 6.20. The SMILES string of the molecule is CC1(C)c2cc(O)ccc2C(=O)c2c1[nH]c1cc(N)ccc21. The molecule has 0 atom stereocenters. The van der Waals surface area contributed by atoms with Crippen LogP contribution in [0, 0.1) is 0 Å². The summed E-state index contributed by atoms with van der Waals surface area (Å²) in [5.41, 5.74) is 10.0. The standard InChI is InChI=1S/C18H16N2O2/c1-18(2)13-8-10(21)4-6-11(13)16(22)15-12-5-3-9(19)7-14(12)20-17(15)18/h3-8,20-21H,19H2,1-2H3. The van der Waals surface area contributed by atoms with Crippen LogP contribution in [0.5, 0.6) is 5.75 Å². The molecule has 110 valence electrons. The number of aromatic amines is 1. The van der Waals surface area contributed by atoms with Crippen molar-refractivity contribution in [3.05, 3.63) is 58.8 Å². The third-order valence-electron chi connectivity index (χ3n) is 4.60. The normalized spacial score (nSPS) is 15.6. The molecule has 0 saturated carbocycles. The van der Waals surface area contributed by atoms with Crippen LogP contribution in [0.15, 0.2) is 36.4 Å². The van der Waals surface area contributed by atoms with Gasteiger partial charge in [0.05, 0.1) is 5.56 Å². The van der Waals surface area contributed by atoms with Crippen molar-refractivity contribution in [2.45, 2.75) is 19.3 Å². The molecule has 1 aromatic heterocycles. The Hall–Kier alpha value is -2.75. The number of H-pyrrole nitrogens is 1. The Kier molecular flexibility index (Phi) is 2.30. The van der Waals surface area contributed by atoms with Crippen molar-refractivity contribution in [2.75, 3.05) is 5.73 Å². The van der Waals surface area contributed by atoms with Crippen LogP contribution in [0.2, 0.25) is 0 Å². The third-order valence-corrected chi connectivity index (χ3v) is 4.60. The molecule has 0 amide bonds. The van der Waals surface area contributed by atoms with Gasteiger partial charge in [0, 0.05) is 33.3 Å². The number of aromatic nitrogens is 1. The van der Waals surface area contributed by atoms with Crippen molar-refractivity contribution in [3.63, 3.8) is 0 Å². The topological polar surface area (TPSA) is 79.1 Å². The number of ketones is 1. The van der Waals surface area contributed by atoms with E-state index >= 15 is 0 Å². The second kappa shape index (κ2) is 3.91. The molecule has 4 N–H and O–H groups in total. The summed E-state index contributed by atoms with van der Waals surface area (Å²) in [6.07, 6.45) is 0. The van der Waals surface area contributed by atoms with Crippen molar-refractivity contribution in [3.8, 4) is 5.75 Å². The number of phenols is 1. The average molecular weight is 292 g/mol. The molecular formula is C18H16N2O2. The van der Waals surface area contributed by atoms with Gasteiger partial charge in [-0.2, -0.15) is 0 Å². The molecular weight excluding hydrogens is 276 g/mol. The zero-order valence-electron chi connectivity index (χ0n) is 12.4. The van der Waals surface area contributed by atoms with Gasteiger partial charge in [0.15, 0.2) is 5.78 Å². The fourth-order valence-corrected chi connectivity index (χ4v) is 3.44. The van der Waals surface area contributed by atoms with E-state index < -0.39 is 5.41 Å². The largest absolute Gasteiger partial charge is 0.508 e. The van der Waals surface area contributed by atoms with Gasteiger partial charge in [0.2, 0.25) is 0 Å². The van der Waals surface area contributed by atoms with Gasteiger partial charge in [0.1, 0.15) is 5.75 Å². The highest BCUT2D eigenvalue weighted by Crippen LogP contribution is 2.44. The lowest BCUT2D eigenvalue weighted by Crippen LogP contribution is -2.30. The van der Waals surface area contributed by atoms with Gasteiger partial charge in [-0.25, -0.2) is 0 Å². The van der Waals surface area contributed by atoms with Crippen molar-refractivity contribution in [1.29, 1.82) is 0 Å². The molecule has 22 heavy (non-hydrogen) atoms. The van der Waals surface area contributed by atoms with E-state index in [1.807, 2.05) is 18.2 Å². The van der Waals surface area contributed by atoms with E-state index in [1.165, 1.54) is 0 Å². The first kappa shape index (κ1) is 13.0. The van der Waals surface area contributed by atoms with Crippen LogP contribution in [-0.4, -0.2) is 15.9 Å². The molecule has 4 nitrogen and oxygen atoms in total. The van der Waals surface area contributed by atoms with Crippen LogP contribution in [0.3, 0.4) is 0 Å². The van der Waals surface area contributed by atoms with E-state index in [-0.39, 0.29) is 11.5 Å². The molecule has 1 aliphatic carbocycles. The Morgan fingerprint density at radius 3 is 2.68 bits per heavy atom. The molecule has 0 saturated heterocycles. The minimum Gasteiger partial charge on any atom is -0.508 e. The second-order valence-electron chi connectivity index (χ2n) is 6.36. The minimum absolute atomic E-state index is 0.0136. The first-order chi connectivity index (χ1) is 10.4. The van der Waals surface area contributed by atoms with Crippen LogP contribution >= 0.6 is 0 Å². The van der Waals surface area contributed by atoms with Crippen LogP contribution in [0.1, 0.15) is 41.0 Å². The molecule has 1 aliphatic rings. The molecule has 0 aliphatic heterocycles. The molecule has 0 unspecified atom stereocenters. The molecule has 0 spiro atoms. The maximum Gasteiger partial charge on any atom is 0.195 e. The fourth-order valence-electron chi connectivity index (χ4n) is 3.44. The van der Waals surface area contributed by atoms with Gasteiger partial charge < -0.3 is 15.8 Å². The number of nitrogen functional groups attached to an aromatic ring is 1. The third kappa shape index (κ3) is 1.49. The summed E-state index contributed by atoms with van der Waals surface area (Å²) in [6, 6.07) is 10.5. The first-order valence-electron chi connectivity index (χ1n) is 7.19. The summed E-state index contributed by atoms with van der Waals surface area (Å²) >= 11 is 0. The van der Waals surface area contributed by atoms with Crippen molar-refractivity contribution in [2.24, 2.45) is 0 Å². The van der Waals surface area contributed by atoms with Crippen molar-refractivity contribution >= 4 is 22.4 Å². The average Bonchev–Trinajstić information content (AvgIpc) is 2.84. The molecule has 0 radical (unpaired) electrons. The molecule has 0 bridgehead atoms. The summed E-state index contributed by atoms with van der Waals surface area (Å²) in [5, 5.41) is 10.7. The number of nitrogens with one attached hydrogen (secondary N) is 1. The van der Waals surface area contributed by atoms with Crippen LogP contribution in [0.25, 0.3) is 10.9 Å². The summed E-state index contributed by atoms with van der Waals surface area (Å²) in [4.78, 5) is 16.3. The van der Waals surface area contributed by atoms with E-state index in [2.05, 4.69) is 18.8 Å². The number of hydrogen-bond donors (Lipinski definition) is 3. The molecule has 4 heteroatoms. The number of rotatable bonds is 0. The summed E-state index contributed by atoms with van der Waals surface area (Å²) < 4.78 is 0. The lowest BCUT2D eigenvalue weighted by atomic mass is 9.71. The minimum atomic E-state index is -0.398. The van der Waals surface area contributed by atoms with Gasteiger partial charge in [-0.05, 0) is 35.9 Å². The Bertz CT molecular complexity index is 951. The number of aromatic hydroxyl groups is 1. The van der Waals surface area contributed by atoms with Gasteiger partial charge in [-0.15, -0.1) is 0 Å². The Labute approximate surface area is 127 Å². The maximum absolute atomic E-state index is 12.9. The number of hydrogen-bond acceptors (Lipinski definition) is 3. The van der Waals surface area contributed by atoms with Crippen LogP contribution < -0.4 is 5.73 Å². The van der Waals surface area contributed by atoms with E-state index in [1.54, 1.807) is 18.2 Å². The van der Waals surface area contributed by atoms with Crippen LogP contribution in [-0.2, 0) is 5.41 Å². The summed E-state index contributed by atoms with van der Waals surface area (Å²) in [6.45, 7) is 4.10. The van der Waals surface area contributed by atoms with E-state index in [9.17, 15) is 9.90 Å². The zero-order valence-corrected chi connectivity index (χ0v) is 12.4. The quantitative estimate of drug-likeness (QED) is 0.556. The summed E-state index contributed by atoms with van der Waals surface area (Å²) in [5.74, 6) is 0.156. The van der Waals surface area contributed by atoms with Crippen LogP contribution in [0.4, 0.5) is 5.69 Å². The van der Waals surface area contributed by atoms with Gasteiger partial charge in [-0.1, -0.05) is 19.9 Å². The molecule has 1 heterocycles. The lowest BCUT2D eigenvalue weighted by molar-refractivity contribution is 0.103. The number of benzene rings is 2.